The lowest BCUT2D eigenvalue weighted by Gasteiger charge is -2.12. The maximum atomic E-state index is 13.0. The van der Waals surface area contributed by atoms with E-state index in [9.17, 15) is 4.79 Å². The molecule has 0 aliphatic heterocycles. The third kappa shape index (κ3) is 5.17. The number of nitrogens with two attached hydrogens (primary N) is 1. The van der Waals surface area contributed by atoms with Crippen LogP contribution >= 0.6 is 12.4 Å². The van der Waals surface area contributed by atoms with Gasteiger partial charge in [0, 0.05) is 33.6 Å². The summed E-state index contributed by atoms with van der Waals surface area (Å²) in [5.41, 5.74) is 11.1. The van der Waals surface area contributed by atoms with Gasteiger partial charge in [-0.1, -0.05) is 30.3 Å². The first-order valence-electron chi connectivity index (χ1n) is 9.92. The van der Waals surface area contributed by atoms with Gasteiger partial charge in [-0.2, -0.15) is 0 Å². The molecular weight excluding hydrogens is 426 g/mol. The van der Waals surface area contributed by atoms with Crippen LogP contribution < -0.4 is 15.8 Å². The fourth-order valence-electron chi connectivity index (χ4n) is 3.39. The zero-order chi connectivity index (χ0) is 21.8. The lowest BCUT2D eigenvalue weighted by molar-refractivity contribution is 0.102. The third-order valence-electron chi connectivity index (χ3n) is 4.99. The molecule has 0 atom stereocenters. The van der Waals surface area contributed by atoms with Crippen molar-refractivity contribution in [2.75, 3.05) is 11.1 Å². The highest BCUT2D eigenvalue weighted by Crippen LogP contribution is 2.25. The first kappa shape index (κ1) is 23.1. The highest BCUT2D eigenvalue weighted by atomic mass is 35.5. The lowest BCUT2D eigenvalue weighted by atomic mass is 10.1. The maximum Gasteiger partial charge on any atom is 0.256 e. The molecule has 0 bridgehead atoms. The Labute approximate surface area is 192 Å². The number of rotatable bonds is 6. The van der Waals surface area contributed by atoms with E-state index in [-0.39, 0.29) is 31.5 Å². The molecule has 164 valence electrons. The molecule has 4 N–H and O–H groups in total. The molecule has 3 aromatic carbocycles. The molecule has 4 rings (SSSR count). The van der Waals surface area contributed by atoms with E-state index in [1.165, 1.54) is 0 Å². The van der Waals surface area contributed by atoms with Crippen molar-refractivity contribution >= 4 is 40.6 Å². The van der Waals surface area contributed by atoms with Crippen molar-refractivity contribution in [2.24, 2.45) is 0 Å². The number of hydrogen-bond acceptors (Lipinski definition) is 5. The van der Waals surface area contributed by atoms with Crippen molar-refractivity contribution in [3.05, 3.63) is 95.2 Å². The number of nitrogens with zero attached hydrogens (tertiary/aromatic N) is 1. The molecule has 7 heteroatoms. The molecule has 1 aromatic heterocycles. The second-order valence-corrected chi connectivity index (χ2v) is 7.29. The van der Waals surface area contributed by atoms with Crippen LogP contribution in [0.25, 0.3) is 10.9 Å². The minimum atomic E-state index is -0.229. The van der Waals surface area contributed by atoms with Gasteiger partial charge in [0.25, 0.3) is 5.91 Å². The Balaban J connectivity index is 0.00000289. The molecule has 4 aromatic rings. The molecule has 0 saturated heterocycles. The Morgan fingerprint density at radius 1 is 1.06 bits per heavy atom. The molecule has 32 heavy (non-hydrogen) atoms. The Morgan fingerprint density at radius 2 is 1.81 bits per heavy atom. The Bertz CT molecular complexity index is 1240. The molecule has 0 unspecified atom stereocenters. The molecule has 0 radical (unpaired) electrons. The quantitative estimate of drug-likeness (QED) is 0.390. The van der Waals surface area contributed by atoms with Crippen LogP contribution in [0.1, 0.15) is 27.2 Å². The number of fused-ring (bicyclic) bond motifs is 1. The van der Waals surface area contributed by atoms with E-state index in [0.29, 0.717) is 22.7 Å². The number of carbonyl (C=O) groups is 1. The summed E-state index contributed by atoms with van der Waals surface area (Å²) in [5.74, 6) is 0.438. The van der Waals surface area contributed by atoms with Crippen molar-refractivity contribution in [1.82, 2.24) is 4.98 Å². The van der Waals surface area contributed by atoms with Gasteiger partial charge >= 0.3 is 0 Å². The highest BCUT2D eigenvalue weighted by molar-refractivity contribution is 6.06. The van der Waals surface area contributed by atoms with Crippen molar-refractivity contribution in [2.45, 2.75) is 20.1 Å². The van der Waals surface area contributed by atoms with Crippen LogP contribution in [0.15, 0.2) is 72.8 Å². The number of aliphatic hydroxyl groups excluding tert-OH is 1. The number of amides is 1. The number of nitrogen functional groups attached to an aromatic ring is 1. The van der Waals surface area contributed by atoms with Gasteiger partial charge in [-0.15, -0.1) is 12.4 Å². The number of aliphatic hydroxyl groups is 1. The predicted octanol–water partition coefficient (Wildman–Crippen LogP) is 4.87. The molecule has 0 saturated carbocycles. The van der Waals surface area contributed by atoms with Gasteiger partial charge < -0.3 is 20.9 Å². The second kappa shape index (κ2) is 10.1. The zero-order valence-electron chi connectivity index (χ0n) is 17.5. The van der Waals surface area contributed by atoms with E-state index in [0.717, 1.165) is 27.7 Å². The van der Waals surface area contributed by atoms with Gasteiger partial charge in [-0.3, -0.25) is 9.78 Å². The Kier molecular flexibility index (Phi) is 7.30. The number of pyridine rings is 1. The summed E-state index contributed by atoms with van der Waals surface area (Å²) in [4.78, 5) is 17.4. The van der Waals surface area contributed by atoms with Crippen LogP contribution in [0.3, 0.4) is 0 Å². The van der Waals surface area contributed by atoms with Gasteiger partial charge in [-0.25, -0.2) is 0 Å². The van der Waals surface area contributed by atoms with Crippen LogP contribution in [0, 0.1) is 6.92 Å². The van der Waals surface area contributed by atoms with Gasteiger partial charge in [0.15, 0.2) is 0 Å². The summed E-state index contributed by atoms with van der Waals surface area (Å²) >= 11 is 0. The molecular formula is C25H24ClN3O3. The third-order valence-corrected chi connectivity index (χ3v) is 4.99. The topological polar surface area (TPSA) is 97.5 Å². The van der Waals surface area contributed by atoms with Gasteiger partial charge in [0.05, 0.1) is 12.1 Å². The summed E-state index contributed by atoms with van der Waals surface area (Å²) < 4.78 is 5.83. The number of carbonyl (C=O) groups excluding carboxylic acids is 1. The maximum absolute atomic E-state index is 13.0. The van der Waals surface area contributed by atoms with E-state index < -0.39 is 0 Å². The number of aromatic nitrogens is 1. The standard InChI is InChI=1S/C25H23N3O3.ClH/c1-16-12-23(26)22-13-19(8-11-24(22)27-16)28-25(30)21-5-3-2-4-18(21)15-31-20-9-6-17(14-29)7-10-20;/h2-13,29H,14-15H2,1H3,(H2,26,27)(H,28,30);1H. The van der Waals surface area contributed by atoms with E-state index in [1.807, 2.05) is 49.4 Å². The monoisotopic (exact) mass is 449 g/mol. The van der Waals surface area contributed by atoms with Crippen LogP contribution in [0.2, 0.25) is 0 Å². The number of ether oxygens (including phenoxy) is 1. The van der Waals surface area contributed by atoms with Crippen LogP contribution in [-0.2, 0) is 13.2 Å². The second-order valence-electron chi connectivity index (χ2n) is 7.29. The van der Waals surface area contributed by atoms with E-state index in [2.05, 4.69) is 10.3 Å². The van der Waals surface area contributed by atoms with Gasteiger partial charge in [0.1, 0.15) is 12.4 Å². The molecule has 0 fully saturated rings. The molecule has 6 nitrogen and oxygen atoms in total. The number of halogens is 1. The summed E-state index contributed by atoms with van der Waals surface area (Å²) in [6.07, 6.45) is 0. The predicted molar refractivity (Wildman–Crippen MR) is 129 cm³/mol. The fourth-order valence-corrected chi connectivity index (χ4v) is 3.39. The average Bonchev–Trinajstić information content (AvgIpc) is 2.78. The van der Waals surface area contributed by atoms with Crippen LogP contribution in [0.4, 0.5) is 11.4 Å². The first-order chi connectivity index (χ1) is 15.0. The number of anilines is 2. The lowest BCUT2D eigenvalue weighted by Crippen LogP contribution is -2.15. The average molecular weight is 450 g/mol. The van der Waals surface area contributed by atoms with Crippen molar-refractivity contribution < 1.29 is 14.6 Å². The number of nitrogens with one attached hydrogen (secondary N) is 1. The largest absolute Gasteiger partial charge is 0.489 e. The van der Waals surface area contributed by atoms with E-state index in [4.69, 9.17) is 15.6 Å². The minimum absolute atomic E-state index is 0. The Hall–Kier alpha value is -3.61. The number of benzene rings is 3. The van der Waals surface area contributed by atoms with Gasteiger partial charge in [0.2, 0.25) is 0 Å². The highest BCUT2D eigenvalue weighted by Gasteiger charge is 2.13. The van der Waals surface area contributed by atoms with Crippen LogP contribution in [0.5, 0.6) is 5.75 Å². The summed E-state index contributed by atoms with van der Waals surface area (Å²) in [6, 6.07) is 21.8. The normalized spacial score (nSPS) is 10.4. The first-order valence-corrected chi connectivity index (χ1v) is 9.92. The van der Waals surface area contributed by atoms with Crippen molar-refractivity contribution in [1.29, 1.82) is 0 Å². The van der Waals surface area contributed by atoms with Crippen LogP contribution in [-0.4, -0.2) is 16.0 Å². The van der Waals surface area contributed by atoms with Crippen molar-refractivity contribution in [3.63, 3.8) is 0 Å². The summed E-state index contributed by atoms with van der Waals surface area (Å²) in [7, 11) is 0. The minimum Gasteiger partial charge on any atom is -0.489 e. The molecule has 0 aliphatic carbocycles. The molecule has 0 spiro atoms. The van der Waals surface area contributed by atoms with Crippen molar-refractivity contribution in [3.8, 4) is 5.75 Å². The van der Waals surface area contributed by atoms with Gasteiger partial charge in [-0.05, 0) is 55.0 Å². The summed E-state index contributed by atoms with van der Waals surface area (Å²) in [6.45, 7) is 2.13. The van der Waals surface area contributed by atoms with E-state index in [1.54, 1.807) is 30.3 Å². The number of aryl methyl sites for hydroxylation is 1. The van der Waals surface area contributed by atoms with E-state index >= 15 is 0 Å². The fraction of sp³-hybridized carbons (Fsp3) is 0.120. The smallest absolute Gasteiger partial charge is 0.256 e. The number of hydrogen-bond donors (Lipinski definition) is 3. The molecule has 0 aliphatic rings. The zero-order valence-corrected chi connectivity index (χ0v) is 18.4. The molecule has 1 heterocycles. The summed E-state index contributed by atoms with van der Waals surface area (Å²) in [5, 5.41) is 12.9. The molecule has 1 amide bonds. The Morgan fingerprint density at radius 3 is 2.56 bits per heavy atom. The SMILES string of the molecule is Cc1cc(N)c2cc(NC(=O)c3ccccc3COc3ccc(CO)cc3)ccc2n1.Cl.